The third-order valence-corrected chi connectivity index (χ3v) is 3.55. The van der Waals surface area contributed by atoms with E-state index < -0.39 is 0 Å². The summed E-state index contributed by atoms with van der Waals surface area (Å²) in [5.74, 6) is 0. The van der Waals surface area contributed by atoms with E-state index in [0.717, 1.165) is 0 Å². The summed E-state index contributed by atoms with van der Waals surface area (Å²) in [5.41, 5.74) is 5.28. The summed E-state index contributed by atoms with van der Waals surface area (Å²) in [7, 11) is 0. The van der Waals surface area contributed by atoms with Crippen LogP contribution in [0.3, 0.4) is 0 Å². The minimum atomic E-state index is 1.30. The molecule has 88 valence electrons. The molecule has 0 N–H and O–H groups in total. The van der Waals surface area contributed by atoms with Gasteiger partial charge in [-0.25, -0.2) is 0 Å². The van der Waals surface area contributed by atoms with Crippen molar-refractivity contribution in [3.63, 3.8) is 0 Å². The van der Waals surface area contributed by atoms with Crippen molar-refractivity contribution in [1.29, 1.82) is 0 Å². The largest absolute Gasteiger partial charge is 0.0620 e. The Balaban J connectivity index is 2.23. The maximum absolute atomic E-state index is 2.28. The Morgan fingerprint density at radius 2 is 1.44 bits per heavy atom. The van der Waals surface area contributed by atoms with Crippen molar-refractivity contribution in [2.45, 2.75) is 13.8 Å². The van der Waals surface area contributed by atoms with Gasteiger partial charge in [0.05, 0.1) is 0 Å². The molecule has 0 aliphatic heterocycles. The van der Waals surface area contributed by atoms with Gasteiger partial charge in [0, 0.05) is 0 Å². The van der Waals surface area contributed by atoms with Gasteiger partial charge in [-0.15, -0.1) is 0 Å². The van der Waals surface area contributed by atoms with Crippen LogP contribution in [0.2, 0.25) is 0 Å². The second kappa shape index (κ2) is 4.30. The standard InChI is InChI=1S/C18H16/c1-13-6-3-4-9-17(13)16-10-11-18-14(2)7-5-8-15(18)12-16/h3-12H,1-2H3. The zero-order chi connectivity index (χ0) is 12.5. The first-order valence-corrected chi connectivity index (χ1v) is 6.31. The summed E-state index contributed by atoms with van der Waals surface area (Å²) in [6.45, 7) is 4.32. The summed E-state index contributed by atoms with van der Waals surface area (Å²) < 4.78 is 0. The molecule has 0 fully saturated rings. The average molecular weight is 232 g/mol. The summed E-state index contributed by atoms with van der Waals surface area (Å²) in [5, 5.41) is 2.66. The van der Waals surface area contributed by atoms with Crippen LogP contribution >= 0.6 is 0 Å². The van der Waals surface area contributed by atoms with Gasteiger partial charge in [-0.2, -0.15) is 0 Å². The molecule has 0 bridgehead atoms. The first-order valence-electron chi connectivity index (χ1n) is 6.31. The Morgan fingerprint density at radius 1 is 0.667 bits per heavy atom. The van der Waals surface area contributed by atoms with Crippen LogP contribution in [0.25, 0.3) is 21.9 Å². The van der Waals surface area contributed by atoms with E-state index in [0.29, 0.717) is 0 Å². The molecular formula is C18H16. The number of benzene rings is 3. The summed E-state index contributed by atoms with van der Waals surface area (Å²) in [4.78, 5) is 0. The van der Waals surface area contributed by atoms with E-state index >= 15 is 0 Å². The number of rotatable bonds is 1. The molecule has 0 amide bonds. The minimum absolute atomic E-state index is 1.30. The van der Waals surface area contributed by atoms with Gasteiger partial charge in [-0.3, -0.25) is 0 Å². The molecule has 3 rings (SSSR count). The van der Waals surface area contributed by atoms with Crippen LogP contribution in [0.1, 0.15) is 11.1 Å². The molecule has 0 heterocycles. The topological polar surface area (TPSA) is 0 Å². The zero-order valence-corrected chi connectivity index (χ0v) is 10.8. The Morgan fingerprint density at radius 3 is 2.28 bits per heavy atom. The van der Waals surface area contributed by atoms with Crippen LogP contribution in [0.15, 0.2) is 60.7 Å². The van der Waals surface area contributed by atoms with Gasteiger partial charge in [-0.05, 0) is 52.9 Å². The van der Waals surface area contributed by atoms with E-state index in [1.165, 1.54) is 33.0 Å². The lowest BCUT2D eigenvalue weighted by atomic mass is 9.96. The van der Waals surface area contributed by atoms with E-state index in [4.69, 9.17) is 0 Å². The van der Waals surface area contributed by atoms with Crippen LogP contribution in [-0.4, -0.2) is 0 Å². The van der Waals surface area contributed by atoms with Crippen LogP contribution < -0.4 is 0 Å². The Kier molecular flexibility index (Phi) is 2.64. The molecule has 0 spiro atoms. The fourth-order valence-corrected chi connectivity index (χ4v) is 2.51. The Hall–Kier alpha value is -2.08. The quantitative estimate of drug-likeness (QED) is 0.546. The molecule has 0 aliphatic rings. The highest BCUT2D eigenvalue weighted by atomic mass is 14.1. The second-order valence-corrected chi connectivity index (χ2v) is 4.83. The monoisotopic (exact) mass is 232 g/mol. The fourth-order valence-electron chi connectivity index (χ4n) is 2.51. The van der Waals surface area contributed by atoms with Crippen molar-refractivity contribution in [2.75, 3.05) is 0 Å². The molecule has 3 aromatic carbocycles. The van der Waals surface area contributed by atoms with Gasteiger partial charge in [0.2, 0.25) is 0 Å². The summed E-state index contributed by atoms with van der Waals surface area (Å²) >= 11 is 0. The lowest BCUT2D eigenvalue weighted by molar-refractivity contribution is 1.46. The van der Waals surface area contributed by atoms with Gasteiger partial charge in [0.15, 0.2) is 0 Å². The second-order valence-electron chi connectivity index (χ2n) is 4.83. The fraction of sp³-hybridized carbons (Fsp3) is 0.111. The van der Waals surface area contributed by atoms with Gasteiger partial charge < -0.3 is 0 Å². The van der Waals surface area contributed by atoms with Crippen LogP contribution in [0.4, 0.5) is 0 Å². The smallest absolute Gasteiger partial charge is 0.0154 e. The summed E-state index contributed by atoms with van der Waals surface area (Å²) in [6, 6.07) is 21.7. The predicted octanol–water partition coefficient (Wildman–Crippen LogP) is 5.12. The van der Waals surface area contributed by atoms with Gasteiger partial charge in [0.1, 0.15) is 0 Å². The maximum Gasteiger partial charge on any atom is -0.0154 e. The summed E-state index contributed by atoms with van der Waals surface area (Å²) in [6.07, 6.45) is 0. The van der Waals surface area contributed by atoms with Gasteiger partial charge in [0.25, 0.3) is 0 Å². The van der Waals surface area contributed by atoms with Crippen molar-refractivity contribution in [3.8, 4) is 11.1 Å². The van der Waals surface area contributed by atoms with E-state index in [1.54, 1.807) is 0 Å². The number of fused-ring (bicyclic) bond motifs is 1. The highest BCUT2D eigenvalue weighted by molar-refractivity contribution is 5.90. The molecule has 0 aromatic heterocycles. The number of hydrogen-bond donors (Lipinski definition) is 0. The Labute approximate surface area is 108 Å². The van der Waals surface area contributed by atoms with Crippen molar-refractivity contribution in [2.24, 2.45) is 0 Å². The molecule has 0 unspecified atom stereocenters. The van der Waals surface area contributed by atoms with Crippen molar-refractivity contribution >= 4 is 10.8 Å². The number of aryl methyl sites for hydroxylation is 2. The molecule has 0 atom stereocenters. The van der Waals surface area contributed by atoms with Crippen LogP contribution in [0.5, 0.6) is 0 Å². The lowest BCUT2D eigenvalue weighted by Crippen LogP contribution is -1.84. The third kappa shape index (κ3) is 1.80. The molecule has 3 aromatic rings. The van der Waals surface area contributed by atoms with Crippen LogP contribution in [-0.2, 0) is 0 Å². The van der Waals surface area contributed by atoms with E-state index in [2.05, 4.69) is 74.5 Å². The van der Waals surface area contributed by atoms with Crippen molar-refractivity contribution in [1.82, 2.24) is 0 Å². The van der Waals surface area contributed by atoms with E-state index in [-0.39, 0.29) is 0 Å². The molecule has 0 radical (unpaired) electrons. The molecule has 0 heteroatoms. The maximum atomic E-state index is 2.28. The molecule has 18 heavy (non-hydrogen) atoms. The first kappa shape index (κ1) is 11.0. The van der Waals surface area contributed by atoms with Gasteiger partial charge in [-0.1, -0.05) is 54.6 Å². The third-order valence-electron chi connectivity index (χ3n) is 3.55. The Bertz CT molecular complexity index is 708. The lowest BCUT2D eigenvalue weighted by Gasteiger charge is -2.08. The van der Waals surface area contributed by atoms with E-state index in [1.807, 2.05) is 0 Å². The van der Waals surface area contributed by atoms with Crippen molar-refractivity contribution in [3.05, 3.63) is 71.8 Å². The minimum Gasteiger partial charge on any atom is -0.0620 e. The molecular weight excluding hydrogens is 216 g/mol. The van der Waals surface area contributed by atoms with Crippen molar-refractivity contribution < 1.29 is 0 Å². The predicted molar refractivity (Wildman–Crippen MR) is 78.9 cm³/mol. The molecule has 0 saturated carbocycles. The molecule has 0 saturated heterocycles. The normalized spacial score (nSPS) is 10.8. The average Bonchev–Trinajstić information content (AvgIpc) is 2.39. The zero-order valence-electron chi connectivity index (χ0n) is 10.8. The SMILES string of the molecule is Cc1ccccc1-c1ccc2c(C)cccc2c1. The van der Waals surface area contributed by atoms with E-state index in [9.17, 15) is 0 Å². The van der Waals surface area contributed by atoms with Crippen LogP contribution in [0, 0.1) is 13.8 Å². The highest BCUT2D eigenvalue weighted by Gasteiger charge is 2.03. The highest BCUT2D eigenvalue weighted by Crippen LogP contribution is 2.28. The first-order chi connectivity index (χ1) is 8.75. The molecule has 0 nitrogen and oxygen atoms in total. The number of hydrogen-bond acceptors (Lipinski definition) is 0. The molecule has 0 aliphatic carbocycles. The van der Waals surface area contributed by atoms with Gasteiger partial charge >= 0.3 is 0 Å².